The Labute approximate surface area is 232 Å². The molecule has 2 N–H and O–H groups in total. The minimum atomic E-state index is -5.08. The summed E-state index contributed by atoms with van der Waals surface area (Å²) in [5.41, 5.74) is -0.703. The molecule has 2 aromatic carbocycles. The molecule has 2 atom stereocenters. The van der Waals surface area contributed by atoms with Crippen molar-refractivity contribution in [1.29, 1.82) is 0 Å². The molecule has 4 rings (SSSR count). The predicted molar refractivity (Wildman–Crippen MR) is 139 cm³/mol. The molecule has 41 heavy (non-hydrogen) atoms. The number of likely N-dealkylation sites (tertiary alicyclic amines) is 1. The van der Waals surface area contributed by atoms with Gasteiger partial charge in [0.15, 0.2) is 9.84 Å². The molecule has 8 nitrogen and oxygen atoms in total. The number of benzene rings is 2. The first kappa shape index (κ1) is 32.2. The molecule has 0 spiro atoms. The number of nitrogens with zero attached hydrogens (tertiary/aromatic N) is 2. The number of aliphatic carboxylic acids is 1. The van der Waals surface area contributed by atoms with Crippen LogP contribution in [0.2, 0.25) is 0 Å². The second-order valence-corrected chi connectivity index (χ2v) is 11.9. The summed E-state index contributed by atoms with van der Waals surface area (Å²) in [6.07, 6.45) is -5.48. The van der Waals surface area contributed by atoms with Gasteiger partial charge >= 0.3 is 18.3 Å². The number of sulfone groups is 1. The Kier molecular flexibility index (Phi) is 9.63. The lowest BCUT2D eigenvalue weighted by Gasteiger charge is -2.29. The number of carbonyl (C=O) groups excluding carboxylic acids is 1. The second kappa shape index (κ2) is 12.3. The van der Waals surface area contributed by atoms with E-state index >= 15 is 0 Å². The van der Waals surface area contributed by atoms with Crippen LogP contribution in [0.3, 0.4) is 0 Å². The SMILES string of the molecule is CC1CCCN1C1CCN(c2ccc(NC(=O)c3ccc(S(C)(=O)=O)cc3)c(C(F)(F)F)c2)C1.O=C(O)C(F)(F)F. The van der Waals surface area contributed by atoms with Gasteiger partial charge in [0.25, 0.3) is 5.91 Å². The summed E-state index contributed by atoms with van der Waals surface area (Å²) in [6, 6.07) is 9.87. The fourth-order valence-electron chi connectivity index (χ4n) is 4.87. The Hall–Kier alpha value is -3.33. The average Bonchev–Trinajstić information content (AvgIpc) is 3.52. The van der Waals surface area contributed by atoms with E-state index in [4.69, 9.17) is 9.90 Å². The van der Waals surface area contributed by atoms with Crippen LogP contribution < -0.4 is 10.2 Å². The number of nitrogens with one attached hydrogen (secondary N) is 1. The van der Waals surface area contributed by atoms with E-state index in [-0.39, 0.29) is 16.1 Å². The van der Waals surface area contributed by atoms with Gasteiger partial charge in [0.2, 0.25) is 0 Å². The van der Waals surface area contributed by atoms with E-state index in [0.29, 0.717) is 30.9 Å². The van der Waals surface area contributed by atoms with Crippen LogP contribution >= 0.6 is 0 Å². The number of carboxylic acid groups (broad SMARTS) is 1. The highest BCUT2D eigenvalue weighted by Gasteiger charge is 2.38. The summed E-state index contributed by atoms with van der Waals surface area (Å²) in [6.45, 7) is 4.59. The van der Waals surface area contributed by atoms with E-state index in [1.807, 2.05) is 4.90 Å². The number of halogens is 6. The van der Waals surface area contributed by atoms with Crippen LogP contribution in [0.5, 0.6) is 0 Å². The lowest BCUT2D eigenvalue weighted by molar-refractivity contribution is -0.192. The van der Waals surface area contributed by atoms with Gasteiger partial charge in [0, 0.05) is 42.7 Å². The zero-order chi connectivity index (χ0) is 30.8. The summed E-state index contributed by atoms with van der Waals surface area (Å²) >= 11 is 0. The molecular formula is C26H29F6N3O5S. The zero-order valence-corrected chi connectivity index (χ0v) is 22.9. The van der Waals surface area contributed by atoms with Gasteiger partial charge in [-0.05, 0) is 75.2 Å². The topological polar surface area (TPSA) is 107 Å². The zero-order valence-electron chi connectivity index (χ0n) is 22.1. The monoisotopic (exact) mass is 609 g/mol. The van der Waals surface area contributed by atoms with Crippen LogP contribution in [0, 0.1) is 0 Å². The molecule has 0 saturated carbocycles. The van der Waals surface area contributed by atoms with Crippen molar-refractivity contribution in [3.05, 3.63) is 53.6 Å². The number of anilines is 2. The number of alkyl halides is 6. The summed E-state index contributed by atoms with van der Waals surface area (Å²) in [4.78, 5) is 25.9. The van der Waals surface area contributed by atoms with Gasteiger partial charge in [-0.3, -0.25) is 9.69 Å². The van der Waals surface area contributed by atoms with Crippen LogP contribution in [0.25, 0.3) is 0 Å². The smallest absolute Gasteiger partial charge is 0.475 e. The Bertz CT molecular complexity index is 1360. The quantitative estimate of drug-likeness (QED) is 0.457. The van der Waals surface area contributed by atoms with E-state index in [0.717, 1.165) is 38.1 Å². The first-order valence-corrected chi connectivity index (χ1v) is 14.4. The van der Waals surface area contributed by atoms with Crippen molar-refractivity contribution in [2.45, 2.75) is 55.5 Å². The lowest BCUT2D eigenvalue weighted by atomic mass is 10.1. The summed E-state index contributed by atoms with van der Waals surface area (Å²) in [5.74, 6) is -3.50. The fraction of sp³-hybridized carbons (Fsp3) is 0.462. The van der Waals surface area contributed by atoms with Gasteiger partial charge in [-0.25, -0.2) is 13.2 Å². The molecule has 0 bridgehead atoms. The molecule has 1 amide bonds. The number of carbonyl (C=O) groups is 2. The molecule has 15 heteroatoms. The summed E-state index contributed by atoms with van der Waals surface area (Å²) < 4.78 is 96.5. The van der Waals surface area contributed by atoms with E-state index < -0.39 is 39.6 Å². The Morgan fingerprint density at radius 2 is 1.59 bits per heavy atom. The minimum absolute atomic E-state index is 0.0247. The van der Waals surface area contributed by atoms with Gasteiger partial charge in [-0.15, -0.1) is 0 Å². The van der Waals surface area contributed by atoms with Gasteiger partial charge in [0.05, 0.1) is 16.1 Å². The van der Waals surface area contributed by atoms with Crippen molar-refractivity contribution in [2.24, 2.45) is 0 Å². The van der Waals surface area contributed by atoms with E-state index in [9.17, 15) is 39.6 Å². The molecule has 226 valence electrons. The van der Waals surface area contributed by atoms with Crippen molar-refractivity contribution >= 4 is 33.1 Å². The van der Waals surface area contributed by atoms with Crippen LogP contribution in [-0.2, 0) is 20.8 Å². The van der Waals surface area contributed by atoms with Gasteiger partial charge in [-0.2, -0.15) is 26.3 Å². The average molecular weight is 610 g/mol. The third kappa shape index (κ3) is 8.35. The molecule has 0 aliphatic carbocycles. The third-order valence-corrected chi connectivity index (χ3v) is 8.07. The Morgan fingerprint density at radius 1 is 0.976 bits per heavy atom. The number of rotatable bonds is 5. The number of hydrogen-bond acceptors (Lipinski definition) is 6. The van der Waals surface area contributed by atoms with E-state index in [2.05, 4.69) is 17.1 Å². The minimum Gasteiger partial charge on any atom is -0.475 e. The number of amides is 1. The lowest BCUT2D eigenvalue weighted by Crippen LogP contribution is -2.39. The highest BCUT2D eigenvalue weighted by molar-refractivity contribution is 7.90. The first-order valence-electron chi connectivity index (χ1n) is 12.5. The maximum Gasteiger partial charge on any atom is 0.490 e. The normalized spacial score (nSPS) is 20.0. The molecule has 2 aliphatic heterocycles. The largest absolute Gasteiger partial charge is 0.490 e. The molecule has 2 fully saturated rings. The van der Waals surface area contributed by atoms with Crippen LogP contribution in [0.1, 0.15) is 42.1 Å². The van der Waals surface area contributed by atoms with Gasteiger partial charge < -0.3 is 15.3 Å². The van der Waals surface area contributed by atoms with Gasteiger partial charge in [0.1, 0.15) is 0 Å². The molecule has 2 unspecified atom stereocenters. The van der Waals surface area contributed by atoms with Crippen molar-refractivity contribution in [2.75, 3.05) is 36.1 Å². The van der Waals surface area contributed by atoms with E-state index in [1.165, 1.54) is 30.3 Å². The molecular weight excluding hydrogens is 580 g/mol. The number of hydrogen-bond donors (Lipinski definition) is 2. The maximum atomic E-state index is 13.9. The van der Waals surface area contributed by atoms with Gasteiger partial charge in [-0.1, -0.05) is 0 Å². The van der Waals surface area contributed by atoms with Crippen LogP contribution in [0.4, 0.5) is 37.7 Å². The molecule has 2 heterocycles. The molecule has 2 aliphatic rings. The van der Waals surface area contributed by atoms with Crippen molar-refractivity contribution in [3.8, 4) is 0 Å². The highest BCUT2D eigenvalue weighted by Crippen LogP contribution is 2.38. The van der Waals surface area contributed by atoms with E-state index in [1.54, 1.807) is 6.07 Å². The van der Waals surface area contributed by atoms with Crippen molar-refractivity contribution in [1.82, 2.24) is 4.90 Å². The van der Waals surface area contributed by atoms with Crippen LogP contribution in [0.15, 0.2) is 47.4 Å². The summed E-state index contributed by atoms with van der Waals surface area (Å²) in [5, 5.41) is 9.46. The standard InChI is InChI=1S/C24H28F3N3O3S.C2HF3O2/c1-16-4-3-12-30(16)19-11-13-29(15-19)18-7-10-22(21(14-18)24(25,26)27)28-23(31)17-5-8-20(9-6-17)34(2,32)33;3-2(4,5)1(6)7/h5-10,14,16,19H,3-4,11-13,15H2,1-2H3,(H,28,31);(H,6,7). The molecule has 2 saturated heterocycles. The summed E-state index contributed by atoms with van der Waals surface area (Å²) in [7, 11) is -3.44. The van der Waals surface area contributed by atoms with Crippen molar-refractivity contribution < 1.29 is 49.5 Å². The van der Waals surface area contributed by atoms with Crippen molar-refractivity contribution in [3.63, 3.8) is 0 Å². The second-order valence-electron chi connectivity index (χ2n) is 9.90. The maximum absolute atomic E-state index is 13.9. The molecule has 0 radical (unpaired) electrons. The molecule has 2 aromatic rings. The predicted octanol–water partition coefficient (Wildman–Crippen LogP) is 5.06. The number of carboxylic acids is 1. The molecule has 0 aromatic heterocycles. The first-order chi connectivity index (χ1) is 18.9. The third-order valence-electron chi connectivity index (χ3n) is 6.95. The Morgan fingerprint density at radius 3 is 2.07 bits per heavy atom. The fourth-order valence-corrected chi connectivity index (χ4v) is 5.50. The highest BCUT2D eigenvalue weighted by atomic mass is 32.2. The van der Waals surface area contributed by atoms with Crippen LogP contribution in [-0.4, -0.2) is 74.5 Å². The Balaban J connectivity index is 0.000000587.